The number of methoxy groups -OCH3 is 1. The lowest BCUT2D eigenvalue weighted by atomic mass is 10.1. The van der Waals surface area contributed by atoms with Crippen molar-refractivity contribution in [3.05, 3.63) is 12.5 Å². The van der Waals surface area contributed by atoms with Gasteiger partial charge in [0.25, 0.3) is 0 Å². The van der Waals surface area contributed by atoms with Gasteiger partial charge in [-0.25, -0.2) is 14.6 Å². The number of ether oxygens (including phenoxy) is 1. The van der Waals surface area contributed by atoms with Gasteiger partial charge in [-0.05, 0) is 12.8 Å². The second-order valence-corrected chi connectivity index (χ2v) is 6.02. The lowest BCUT2D eigenvalue weighted by molar-refractivity contribution is -0.124. The van der Waals surface area contributed by atoms with Crippen LogP contribution in [0.3, 0.4) is 0 Å². The predicted molar refractivity (Wildman–Crippen MR) is 90.7 cm³/mol. The highest BCUT2D eigenvalue weighted by Crippen LogP contribution is 2.24. The Labute approximate surface area is 141 Å². The molecule has 1 aliphatic rings. The second-order valence-electron chi connectivity index (χ2n) is 6.02. The minimum atomic E-state index is 0.167. The van der Waals surface area contributed by atoms with E-state index in [4.69, 9.17) is 4.74 Å². The number of carbonyl (C=O) groups excluding carboxylic acids is 1. The first-order chi connectivity index (χ1) is 11.8. The molecule has 2 N–H and O–H groups in total. The van der Waals surface area contributed by atoms with Gasteiger partial charge in [-0.2, -0.15) is 5.10 Å². The van der Waals surface area contributed by atoms with Gasteiger partial charge < -0.3 is 15.4 Å². The topological polar surface area (TPSA) is 94.0 Å². The summed E-state index contributed by atoms with van der Waals surface area (Å²) in [5.41, 5.74) is 0.764. The molecule has 2 aromatic heterocycles. The Morgan fingerprint density at radius 1 is 1.33 bits per heavy atom. The van der Waals surface area contributed by atoms with Gasteiger partial charge in [0.1, 0.15) is 12.1 Å². The number of aromatic nitrogens is 4. The Kier molecular flexibility index (Phi) is 5.58. The quantitative estimate of drug-likeness (QED) is 0.705. The third-order valence-corrected chi connectivity index (χ3v) is 4.38. The molecule has 8 nitrogen and oxygen atoms in total. The fourth-order valence-electron chi connectivity index (χ4n) is 3.09. The van der Waals surface area contributed by atoms with E-state index in [1.165, 1.54) is 6.33 Å². The van der Waals surface area contributed by atoms with E-state index in [0.717, 1.165) is 42.5 Å². The molecule has 0 aliphatic heterocycles. The molecule has 1 fully saturated rings. The van der Waals surface area contributed by atoms with Gasteiger partial charge in [-0.3, -0.25) is 4.79 Å². The fourth-order valence-corrected chi connectivity index (χ4v) is 3.09. The van der Waals surface area contributed by atoms with E-state index in [1.807, 2.05) is 0 Å². The number of nitrogens with one attached hydrogen (secondary N) is 2. The van der Waals surface area contributed by atoms with E-state index < -0.39 is 0 Å². The van der Waals surface area contributed by atoms with Gasteiger partial charge in [0.15, 0.2) is 5.65 Å². The normalized spacial score (nSPS) is 15.0. The first-order valence-electron chi connectivity index (χ1n) is 8.46. The van der Waals surface area contributed by atoms with Crippen molar-refractivity contribution < 1.29 is 9.53 Å². The maximum atomic E-state index is 12.0. The molecule has 3 rings (SSSR count). The Morgan fingerprint density at radius 3 is 2.96 bits per heavy atom. The molecule has 0 spiro atoms. The SMILES string of the molecule is COCCNc1ncnc2c1cnn2CCNC(=O)C1CCCC1. The van der Waals surface area contributed by atoms with E-state index in [-0.39, 0.29) is 11.8 Å². The molecule has 24 heavy (non-hydrogen) atoms. The van der Waals surface area contributed by atoms with Gasteiger partial charge in [0.2, 0.25) is 5.91 Å². The van der Waals surface area contributed by atoms with E-state index in [1.54, 1.807) is 18.0 Å². The van der Waals surface area contributed by atoms with Crippen LogP contribution in [0.1, 0.15) is 25.7 Å². The summed E-state index contributed by atoms with van der Waals surface area (Å²) in [6.45, 7) is 2.43. The molecular formula is C16H24N6O2. The molecule has 0 saturated heterocycles. The van der Waals surface area contributed by atoms with Crippen LogP contribution < -0.4 is 10.6 Å². The van der Waals surface area contributed by atoms with Crippen molar-refractivity contribution in [1.29, 1.82) is 0 Å². The highest BCUT2D eigenvalue weighted by atomic mass is 16.5. The monoisotopic (exact) mass is 332 g/mol. The van der Waals surface area contributed by atoms with Gasteiger partial charge in [0.05, 0.1) is 24.7 Å². The van der Waals surface area contributed by atoms with E-state index in [0.29, 0.717) is 26.2 Å². The zero-order valence-corrected chi connectivity index (χ0v) is 14.0. The van der Waals surface area contributed by atoms with Crippen LogP contribution in [0, 0.1) is 5.92 Å². The summed E-state index contributed by atoms with van der Waals surface area (Å²) in [6, 6.07) is 0. The van der Waals surface area contributed by atoms with E-state index in [2.05, 4.69) is 25.7 Å². The maximum Gasteiger partial charge on any atom is 0.223 e. The van der Waals surface area contributed by atoms with Crippen molar-refractivity contribution in [2.45, 2.75) is 32.2 Å². The number of amides is 1. The number of carbonyl (C=O) groups is 1. The van der Waals surface area contributed by atoms with Crippen LogP contribution >= 0.6 is 0 Å². The molecule has 0 unspecified atom stereocenters. The molecule has 0 radical (unpaired) electrons. The zero-order valence-electron chi connectivity index (χ0n) is 14.0. The lowest BCUT2D eigenvalue weighted by Crippen LogP contribution is -2.32. The fraction of sp³-hybridized carbons (Fsp3) is 0.625. The lowest BCUT2D eigenvalue weighted by Gasteiger charge is -2.10. The zero-order chi connectivity index (χ0) is 16.8. The Morgan fingerprint density at radius 2 is 2.17 bits per heavy atom. The highest BCUT2D eigenvalue weighted by molar-refractivity contribution is 5.86. The standard InChI is InChI=1S/C16H24N6O2/c1-24-9-7-17-14-13-10-21-22(15(13)20-11-19-14)8-6-18-16(23)12-4-2-3-5-12/h10-12H,2-9H2,1H3,(H,18,23)(H,17,19,20). The van der Waals surface area contributed by atoms with Crippen molar-refractivity contribution in [3.63, 3.8) is 0 Å². The Bertz CT molecular complexity index is 680. The van der Waals surface area contributed by atoms with Gasteiger partial charge in [0, 0.05) is 26.1 Å². The summed E-state index contributed by atoms with van der Waals surface area (Å²) in [5, 5.41) is 11.5. The maximum absolute atomic E-state index is 12.0. The molecule has 2 aromatic rings. The number of fused-ring (bicyclic) bond motifs is 1. The van der Waals surface area contributed by atoms with Crippen molar-refractivity contribution in [2.24, 2.45) is 5.92 Å². The first kappa shape index (κ1) is 16.6. The number of hydrogen-bond donors (Lipinski definition) is 2. The average Bonchev–Trinajstić information content (AvgIpc) is 3.25. The summed E-state index contributed by atoms with van der Waals surface area (Å²) in [5.74, 6) is 1.11. The molecular weight excluding hydrogens is 308 g/mol. The van der Waals surface area contributed by atoms with Crippen LogP contribution in [0.25, 0.3) is 11.0 Å². The van der Waals surface area contributed by atoms with E-state index in [9.17, 15) is 4.79 Å². The molecule has 130 valence electrons. The molecule has 1 amide bonds. The van der Waals surface area contributed by atoms with Crippen LogP contribution in [0.5, 0.6) is 0 Å². The summed E-state index contributed by atoms with van der Waals surface area (Å²) in [6.07, 6.45) is 7.63. The average molecular weight is 332 g/mol. The number of nitrogens with zero attached hydrogens (tertiary/aromatic N) is 4. The molecule has 0 aromatic carbocycles. The molecule has 1 saturated carbocycles. The second kappa shape index (κ2) is 8.05. The third-order valence-electron chi connectivity index (χ3n) is 4.38. The number of rotatable bonds is 8. The summed E-state index contributed by atoms with van der Waals surface area (Å²) in [4.78, 5) is 20.6. The minimum absolute atomic E-state index is 0.167. The largest absolute Gasteiger partial charge is 0.383 e. The van der Waals surface area contributed by atoms with E-state index >= 15 is 0 Å². The van der Waals surface area contributed by atoms with Crippen molar-refractivity contribution in [3.8, 4) is 0 Å². The molecule has 0 atom stereocenters. The summed E-state index contributed by atoms with van der Waals surface area (Å²) < 4.78 is 6.83. The van der Waals surface area contributed by atoms with Gasteiger partial charge >= 0.3 is 0 Å². The predicted octanol–water partition coefficient (Wildman–Crippen LogP) is 1.19. The van der Waals surface area contributed by atoms with Crippen LogP contribution in [-0.4, -0.2) is 52.5 Å². The van der Waals surface area contributed by atoms with Crippen LogP contribution in [0.2, 0.25) is 0 Å². The highest BCUT2D eigenvalue weighted by Gasteiger charge is 2.22. The van der Waals surface area contributed by atoms with Crippen molar-refractivity contribution >= 4 is 22.8 Å². The van der Waals surface area contributed by atoms with Crippen LogP contribution in [-0.2, 0) is 16.1 Å². The molecule has 8 heteroatoms. The molecule has 1 aliphatic carbocycles. The number of hydrogen-bond acceptors (Lipinski definition) is 6. The minimum Gasteiger partial charge on any atom is -0.383 e. The molecule has 2 heterocycles. The van der Waals surface area contributed by atoms with Gasteiger partial charge in [-0.1, -0.05) is 12.8 Å². The smallest absolute Gasteiger partial charge is 0.223 e. The van der Waals surface area contributed by atoms with Crippen LogP contribution in [0.15, 0.2) is 12.5 Å². The third kappa shape index (κ3) is 3.81. The molecule has 0 bridgehead atoms. The first-order valence-corrected chi connectivity index (χ1v) is 8.46. The van der Waals surface area contributed by atoms with Gasteiger partial charge in [-0.15, -0.1) is 0 Å². The Hall–Kier alpha value is -2.22. The Balaban J connectivity index is 1.58. The van der Waals surface area contributed by atoms with Crippen molar-refractivity contribution in [1.82, 2.24) is 25.1 Å². The summed E-state index contributed by atoms with van der Waals surface area (Å²) >= 11 is 0. The summed E-state index contributed by atoms with van der Waals surface area (Å²) in [7, 11) is 1.66. The van der Waals surface area contributed by atoms with Crippen molar-refractivity contribution in [2.75, 3.05) is 32.1 Å². The van der Waals surface area contributed by atoms with Crippen LogP contribution in [0.4, 0.5) is 5.82 Å². The number of anilines is 1.